The molecule has 6 nitrogen and oxygen atoms in total. The Hall–Kier alpha value is -1.14. The van der Waals surface area contributed by atoms with Gasteiger partial charge in [-0.1, -0.05) is 20.8 Å². The van der Waals surface area contributed by atoms with Gasteiger partial charge in [-0.2, -0.15) is 15.0 Å². The van der Waals surface area contributed by atoms with Crippen LogP contribution in [0.4, 0.5) is 11.9 Å². The molecule has 7 heteroatoms. The Morgan fingerprint density at radius 1 is 1.22 bits per heavy atom. The van der Waals surface area contributed by atoms with Crippen molar-refractivity contribution in [3.63, 3.8) is 0 Å². The Morgan fingerprint density at radius 3 is 2.39 bits per heavy atom. The lowest BCUT2D eigenvalue weighted by Gasteiger charge is -2.22. The lowest BCUT2D eigenvalue weighted by atomic mass is 9.89. The molecule has 1 atom stereocenters. The molecule has 0 aliphatic carbocycles. The zero-order valence-corrected chi connectivity index (χ0v) is 11.9. The van der Waals surface area contributed by atoms with Crippen LogP contribution in [0.5, 0.6) is 0 Å². The predicted octanol–water partition coefficient (Wildman–Crippen LogP) is 1.78. The number of hydrogen-bond donors (Lipinski definition) is 3. The third-order valence-electron chi connectivity index (χ3n) is 2.18. The van der Waals surface area contributed by atoms with Gasteiger partial charge in [0.2, 0.25) is 17.2 Å². The Morgan fingerprint density at radius 2 is 1.83 bits per heavy atom. The van der Waals surface area contributed by atoms with Gasteiger partial charge in [0, 0.05) is 13.6 Å². The first kappa shape index (κ1) is 14.9. The van der Waals surface area contributed by atoms with Crippen molar-refractivity contribution in [1.82, 2.24) is 15.0 Å². The number of rotatable bonds is 5. The minimum atomic E-state index is -0.460. The average Bonchev–Trinajstić information content (AvgIpc) is 2.23. The monoisotopic (exact) mass is 273 g/mol. The maximum atomic E-state index is 9.86. The van der Waals surface area contributed by atoms with Crippen molar-refractivity contribution >= 4 is 23.5 Å². The summed E-state index contributed by atoms with van der Waals surface area (Å²) >= 11 is 5.75. The molecule has 1 aromatic heterocycles. The molecular weight excluding hydrogens is 254 g/mol. The summed E-state index contributed by atoms with van der Waals surface area (Å²) in [4.78, 5) is 11.9. The van der Waals surface area contributed by atoms with E-state index in [9.17, 15) is 5.11 Å². The minimum Gasteiger partial charge on any atom is -0.391 e. The molecule has 1 rings (SSSR count). The summed E-state index contributed by atoms with van der Waals surface area (Å²) in [6.45, 7) is 6.61. The van der Waals surface area contributed by atoms with Crippen molar-refractivity contribution < 1.29 is 5.11 Å². The standard InChI is InChI=1S/C11H20ClN5O/c1-11(2,3)5-7(18)6-14-10-16-8(12)15-9(13-4)17-10/h7,18H,5-6H2,1-4H3,(H2,13,14,15,16,17). The fourth-order valence-electron chi connectivity index (χ4n) is 1.53. The average molecular weight is 274 g/mol. The molecule has 1 heterocycles. The maximum absolute atomic E-state index is 9.86. The van der Waals surface area contributed by atoms with Crippen LogP contribution in [0, 0.1) is 5.41 Å². The van der Waals surface area contributed by atoms with E-state index in [1.807, 2.05) is 0 Å². The SMILES string of the molecule is CNc1nc(Cl)nc(NCC(O)CC(C)(C)C)n1. The zero-order chi connectivity index (χ0) is 13.8. The molecule has 1 aromatic rings. The fraction of sp³-hybridized carbons (Fsp3) is 0.727. The summed E-state index contributed by atoms with van der Waals surface area (Å²) in [7, 11) is 1.70. The van der Waals surface area contributed by atoms with E-state index in [1.165, 1.54) is 0 Å². The molecule has 0 saturated carbocycles. The van der Waals surface area contributed by atoms with Crippen LogP contribution >= 0.6 is 11.6 Å². The number of nitrogens with zero attached hydrogens (tertiary/aromatic N) is 3. The number of aromatic nitrogens is 3. The van der Waals surface area contributed by atoms with Gasteiger partial charge in [-0.25, -0.2) is 0 Å². The van der Waals surface area contributed by atoms with Crippen LogP contribution < -0.4 is 10.6 Å². The molecular formula is C11H20ClN5O. The summed E-state index contributed by atoms with van der Waals surface area (Å²) < 4.78 is 0. The molecule has 1 unspecified atom stereocenters. The van der Waals surface area contributed by atoms with Gasteiger partial charge in [0.05, 0.1) is 6.10 Å². The van der Waals surface area contributed by atoms with E-state index in [2.05, 4.69) is 46.4 Å². The molecule has 0 aliphatic rings. The second kappa shape index (κ2) is 6.15. The van der Waals surface area contributed by atoms with Crippen molar-refractivity contribution in [2.45, 2.75) is 33.3 Å². The molecule has 0 saturated heterocycles. The summed E-state index contributed by atoms with van der Waals surface area (Å²) in [5.41, 5.74) is 0.0774. The highest BCUT2D eigenvalue weighted by Crippen LogP contribution is 2.20. The zero-order valence-electron chi connectivity index (χ0n) is 11.2. The Labute approximate surface area is 112 Å². The predicted molar refractivity (Wildman–Crippen MR) is 73.0 cm³/mol. The summed E-state index contributed by atoms with van der Waals surface area (Å²) in [5, 5.41) is 15.7. The lowest BCUT2D eigenvalue weighted by Crippen LogP contribution is -2.25. The van der Waals surface area contributed by atoms with Crippen LogP contribution in [0.2, 0.25) is 5.28 Å². The van der Waals surface area contributed by atoms with E-state index in [0.717, 1.165) is 0 Å². The Balaban J connectivity index is 2.55. The number of anilines is 2. The number of nitrogens with one attached hydrogen (secondary N) is 2. The van der Waals surface area contributed by atoms with E-state index >= 15 is 0 Å². The highest BCUT2D eigenvalue weighted by Gasteiger charge is 2.16. The van der Waals surface area contributed by atoms with E-state index in [1.54, 1.807) is 7.05 Å². The lowest BCUT2D eigenvalue weighted by molar-refractivity contribution is 0.132. The van der Waals surface area contributed by atoms with Gasteiger partial charge >= 0.3 is 0 Å². The third-order valence-corrected chi connectivity index (χ3v) is 2.34. The summed E-state index contributed by atoms with van der Waals surface area (Å²) in [6, 6.07) is 0. The molecule has 18 heavy (non-hydrogen) atoms. The Bertz CT molecular complexity index is 394. The highest BCUT2D eigenvalue weighted by molar-refractivity contribution is 6.28. The van der Waals surface area contributed by atoms with E-state index in [0.29, 0.717) is 24.9 Å². The van der Waals surface area contributed by atoms with E-state index < -0.39 is 6.10 Å². The van der Waals surface area contributed by atoms with Crippen molar-refractivity contribution in [2.75, 3.05) is 24.2 Å². The molecule has 0 aromatic carbocycles. The van der Waals surface area contributed by atoms with E-state index in [4.69, 9.17) is 11.6 Å². The number of aliphatic hydroxyl groups excluding tert-OH is 1. The first-order valence-corrected chi connectivity index (χ1v) is 6.19. The van der Waals surface area contributed by atoms with E-state index in [-0.39, 0.29) is 10.7 Å². The van der Waals surface area contributed by atoms with Crippen molar-refractivity contribution in [1.29, 1.82) is 0 Å². The highest BCUT2D eigenvalue weighted by atomic mass is 35.5. The van der Waals surface area contributed by atoms with Gasteiger partial charge in [0.1, 0.15) is 0 Å². The summed E-state index contributed by atoms with van der Waals surface area (Å²) in [5.74, 6) is 0.745. The number of hydrogen-bond acceptors (Lipinski definition) is 6. The quantitative estimate of drug-likeness (QED) is 0.758. The molecule has 0 bridgehead atoms. The van der Waals surface area contributed by atoms with Gasteiger partial charge in [-0.3, -0.25) is 0 Å². The molecule has 0 aliphatic heterocycles. The fourth-order valence-corrected chi connectivity index (χ4v) is 1.69. The van der Waals surface area contributed by atoms with Crippen LogP contribution in [0.15, 0.2) is 0 Å². The summed E-state index contributed by atoms with van der Waals surface area (Å²) in [6.07, 6.45) is 0.233. The molecule has 0 fully saturated rings. The second-order valence-electron chi connectivity index (χ2n) is 5.30. The first-order valence-electron chi connectivity index (χ1n) is 5.81. The van der Waals surface area contributed by atoms with Gasteiger partial charge in [0.25, 0.3) is 0 Å². The number of halogens is 1. The minimum absolute atomic E-state index is 0.0774. The van der Waals surface area contributed by atoms with Crippen molar-refractivity contribution in [3.8, 4) is 0 Å². The smallest absolute Gasteiger partial charge is 0.228 e. The normalized spacial score (nSPS) is 13.2. The van der Waals surface area contributed by atoms with Gasteiger partial charge < -0.3 is 15.7 Å². The first-order chi connectivity index (χ1) is 8.30. The molecule has 102 valence electrons. The van der Waals surface area contributed by atoms with Crippen LogP contribution in [0.1, 0.15) is 27.2 Å². The topological polar surface area (TPSA) is 83.0 Å². The van der Waals surface area contributed by atoms with Crippen LogP contribution in [-0.4, -0.2) is 39.8 Å². The number of aliphatic hydroxyl groups is 1. The maximum Gasteiger partial charge on any atom is 0.228 e. The van der Waals surface area contributed by atoms with Crippen LogP contribution in [0.3, 0.4) is 0 Å². The molecule has 0 amide bonds. The second-order valence-corrected chi connectivity index (χ2v) is 5.64. The van der Waals surface area contributed by atoms with Crippen LogP contribution in [-0.2, 0) is 0 Å². The molecule has 0 spiro atoms. The van der Waals surface area contributed by atoms with Crippen molar-refractivity contribution in [3.05, 3.63) is 5.28 Å². The van der Waals surface area contributed by atoms with Gasteiger partial charge in [0.15, 0.2) is 0 Å². The Kier molecular flexibility index (Phi) is 5.10. The van der Waals surface area contributed by atoms with Crippen LogP contribution in [0.25, 0.3) is 0 Å². The molecule has 0 radical (unpaired) electrons. The van der Waals surface area contributed by atoms with Gasteiger partial charge in [-0.15, -0.1) is 0 Å². The largest absolute Gasteiger partial charge is 0.391 e. The molecule has 3 N–H and O–H groups in total. The van der Waals surface area contributed by atoms with Crippen molar-refractivity contribution in [2.24, 2.45) is 5.41 Å². The third kappa shape index (κ3) is 5.46. The van der Waals surface area contributed by atoms with Gasteiger partial charge in [-0.05, 0) is 23.4 Å².